The molecule has 1 amide bonds. The summed E-state index contributed by atoms with van der Waals surface area (Å²) < 4.78 is 1.78. The number of hydrogen-bond donors (Lipinski definition) is 2. The standard InChI is InChI=1S/C23H30N6O/c1-2-29-20(12-14-24-29)21(30)28-15-7-13-23(16-28)22(25-17-8-3-4-9-17)26-18-10-5-6-11-19(18)27-23/h5-6,10-12,14,17,27H,2-4,7-9,13,15-16H2,1H3,(H,25,26)/t23-/m1/s1. The van der Waals surface area contributed by atoms with Crippen molar-refractivity contribution < 1.29 is 4.79 Å². The first-order chi connectivity index (χ1) is 14.7. The van der Waals surface area contributed by atoms with Gasteiger partial charge in [-0.25, -0.2) is 0 Å². The second kappa shape index (κ2) is 7.78. The topological polar surface area (TPSA) is 74.6 Å². The first-order valence-electron chi connectivity index (χ1n) is 11.2. The molecule has 2 N–H and O–H groups in total. The Morgan fingerprint density at radius 1 is 1.20 bits per heavy atom. The Hall–Kier alpha value is -2.83. The molecule has 1 aromatic heterocycles. The number of aromatic nitrogens is 2. The fourth-order valence-electron chi connectivity index (χ4n) is 5.09. The van der Waals surface area contributed by atoms with Crippen molar-refractivity contribution >= 4 is 23.1 Å². The molecule has 2 aromatic rings. The first-order valence-corrected chi connectivity index (χ1v) is 11.2. The van der Waals surface area contributed by atoms with Gasteiger partial charge in [0, 0.05) is 19.3 Å². The third-order valence-electron chi connectivity index (χ3n) is 6.66. The SMILES string of the molecule is CCn1nccc1C(=O)N1CCC[C@]2(C1)Nc1ccccc1NC2=NC1CCCC1. The molecule has 3 heterocycles. The Morgan fingerprint density at radius 2 is 2.00 bits per heavy atom. The van der Waals surface area contributed by atoms with Crippen molar-refractivity contribution in [2.45, 2.75) is 63.6 Å². The number of nitrogens with one attached hydrogen (secondary N) is 2. The third kappa shape index (κ3) is 3.36. The molecule has 5 rings (SSSR count). The molecular weight excluding hydrogens is 376 g/mol. The van der Waals surface area contributed by atoms with E-state index >= 15 is 0 Å². The van der Waals surface area contributed by atoms with Crippen LogP contribution in [0.1, 0.15) is 55.9 Å². The lowest BCUT2D eigenvalue weighted by Crippen LogP contribution is -2.62. The number of anilines is 2. The van der Waals surface area contributed by atoms with Crippen LogP contribution in [-0.2, 0) is 6.54 Å². The summed E-state index contributed by atoms with van der Waals surface area (Å²) in [5, 5.41) is 11.7. The molecule has 2 aliphatic heterocycles. The largest absolute Gasteiger partial charge is 0.370 e. The zero-order valence-electron chi connectivity index (χ0n) is 17.6. The van der Waals surface area contributed by atoms with Crippen LogP contribution in [0.5, 0.6) is 0 Å². The molecule has 1 saturated carbocycles. The number of amidine groups is 1. The number of likely N-dealkylation sites (tertiary alicyclic amines) is 1. The molecule has 30 heavy (non-hydrogen) atoms. The molecule has 0 bridgehead atoms. The van der Waals surface area contributed by atoms with Gasteiger partial charge >= 0.3 is 0 Å². The fraction of sp³-hybridized carbons (Fsp3) is 0.522. The molecule has 1 atom stereocenters. The maximum absolute atomic E-state index is 13.3. The van der Waals surface area contributed by atoms with Crippen LogP contribution in [0.2, 0.25) is 0 Å². The molecule has 0 radical (unpaired) electrons. The summed E-state index contributed by atoms with van der Waals surface area (Å²) in [4.78, 5) is 20.5. The summed E-state index contributed by atoms with van der Waals surface area (Å²) in [5.41, 5.74) is 2.43. The lowest BCUT2D eigenvalue weighted by Gasteiger charge is -2.47. The number of rotatable bonds is 3. The molecule has 1 aliphatic carbocycles. The Morgan fingerprint density at radius 3 is 2.80 bits per heavy atom. The predicted octanol–water partition coefficient (Wildman–Crippen LogP) is 3.76. The van der Waals surface area contributed by atoms with Crippen LogP contribution in [-0.4, -0.2) is 51.1 Å². The van der Waals surface area contributed by atoms with E-state index in [-0.39, 0.29) is 11.4 Å². The van der Waals surface area contributed by atoms with Gasteiger partial charge in [-0.1, -0.05) is 25.0 Å². The lowest BCUT2D eigenvalue weighted by atomic mass is 9.84. The lowest BCUT2D eigenvalue weighted by molar-refractivity contribution is 0.0681. The summed E-state index contributed by atoms with van der Waals surface area (Å²) in [6.45, 7) is 4.06. The van der Waals surface area contributed by atoms with Crippen LogP contribution in [0, 0.1) is 0 Å². The van der Waals surface area contributed by atoms with Gasteiger partial charge in [0.15, 0.2) is 0 Å². The van der Waals surface area contributed by atoms with Gasteiger partial charge in [-0.15, -0.1) is 0 Å². The van der Waals surface area contributed by atoms with Gasteiger partial charge < -0.3 is 15.5 Å². The molecule has 1 aromatic carbocycles. The van der Waals surface area contributed by atoms with Crippen LogP contribution < -0.4 is 10.6 Å². The maximum atomic E-state index is 13.3. The third-order valence-corrected chi connectivity index (χ3v) is 6.66. The fourth-order valence-corrected chi connectivity index (χ4v) is 5.09. The zero-order valence-corrected chi connectivity index (χ0v) is 17.6. The Kier molecular flexibility index (Phi) is 4.97. The van der Waals surface area contributed by atoms with Crippen molar-refractivity contribution in [1.82, 2.24) is 14.7 Å². The molecule has 158 valence electrons. The summed E-state index contributed by atoms with van der Waals surface area (Å²) in [6.07, 6.45) is 8.42. The van der Waals surface area contributed by atoms with Crippen molar-refractivity contribution in [3.05, 3.63) is 42.2 Å². The molecule has 1 spiro atoms. The van der Waals surface area contributed by atoms with Crippen LogP contribution in [0.3, 0.4) is 0 Å². The number of fused-ring (bicyclic) bond motifs is 1. The molecule has 0 unspecified atom stereocenters. The van der Waals surface area contributed by atoms with Crippen molar-refractivity contribution in [2.75, 3.05) is 23.7 Å². The van der Waals surface area contributed by atoms with Gasteiger partial charge in [-0.2, -0.15) is 5.10 Å². The molecule has 1 saturated heterocycles. The molecule has 3 aliphatic rings. The summed E-state index contributed by atoms with van der Waals surface area (Å²) >= 11 is 0. The van der Waals surface area contributed by atoms with E-state index in [9.17, 15) is 4.79 Å². The highest BCUT2D eigenvalue weighted by Gasteiger charge is 2.45. The highest BCUT2D eigenvalue weighted by atomic mass is 16.2. The number of carbonyl (C=O) groups excluding carboxylic acids is 1. The Bertz CT molecular complexity index is 960. The summed E-state index contributed by atoms with van der Waals surface area (Å²) in [6, 6.07) is 10.5. The van der Waals surface area contributed by atoms with Crippen molar-refractivity contribution in [2.24, 2.45) is 4.99 Å². The van der Waals surface area contributed by atoms with Crippen molar-refractivity contribution in [1.29, 1.82) is 0 Å². The number of para-hydroxylation sites is 2. The number of nitrogens with zero attached hydrogens (tertiary/aromatic N) is 4. The van der Waals surface area contributed by atoms with E-state index in [1.54, 1.807) is 10.9 Å². The number of amides is 1. The Balaban J connectivity index is 1.48. The van der Waals surface area contributed by atoms with E-state index in [0.717, 1.165) is 49.4 Å². The van der Waals surface area contributed by atoms with E-state index in [1.165, 1.54) is 12.8 Å². The second-order valence-corrected chi connectivity index (χ2v) is 8.66. The number of aliphatic imine (C=N–C) groups is 1. The van der Waals surface area contributed by atoms with Gasteiger partial charge in [0.05, 0.1) is 24.0 Å². The normalized spacial score (nSPS) is 25.2. The predicted molar refractivity (Wildman–Crippen MR) is 119 cm³/mol. The van der Waals surface area contributed by atoms with Gasteiger partial charge in [-0.05, 0) is 50.8 Å². The van der Waals surface area contributed by atoms with Gasteiger partial charge in [0.25, 0.3) is 5.91 Å². The van der Waals surface area contributed by atoms with Crippen LogP contribution in [0.4, 0.5) is 11.4 Å². The minimum absolute atomic E-state index is 0.0503. The summed E-state index contributed by atoms with van der Waals surface area (Å²) in [7, 11) is 0. The Labute approximate surface area is 177 Å². The molecule has 7 heteroatoms. The minimum Gasteiger partial charge on any atom is -0.370 e. The van der Waals surface area contributed by atoms with Crippen molar-refractivity contribution in [3.8, 4) is 0 Å². The maximum Gasteiger partial charge on any atom is 0.272 e. The van der Waals surface area contributed by atoms with E-state index < -0.39 is 0 Å². The second-order valence-electron chi connectivity index (χ2n) is 8.66. The van der Waals surface area contributed by atoms with Crippen LogP contribution >= 0.6 is 0 Å². The molecular formula is C23H30N6O. The molecule has 2 fully saturated rings. The van der Waals surface area contributed by atoms with E-state index in [4.69, 9.17) is 4.99 Å². The number of piperidine rings is 1. The highest BCUT2D eigenvalue weighted by Crippen LogP contribution is 2.37. The van der Waals surface area contributed by atoms with Gasteiger partial charge in [0.1, 0.15) is 17.1 Å². The van der Waals surface area contributed by atoms with E-state index in [2.05, 4.69) is 27.9 Å². The van der Waals surface area contributed by atoms with Gasteiger partial charge in [-0.3, -0.25) is 14.5 Å². The van der Waals surface area contributed by atoms with E-state index in [0.29, 0.717) is 24.8 Å². The average molecular weight is 407 g/mol. The number of hydrogen-bond acceptors (Lipinski definition) is 4. The van der Waals surface area contributed by atoms with Gasteiger partial charge in [0.2, 0.25) is 0 Å². The minimum atomic E-state index is -0.373. The van der Waals surface area contributed by atoms with Crippen LogP contribution in [0.25, 0.3) is 0 Å². The number of aryl methyl sites for hydroxylation is 1. The zero-order chi connectivity index (χ0) is 20.6. The monoisotopic (exact) mass is 406 g/mol. The highest BCUT2D eigenvalue weighted by molar-refractivity contribution is 6.10. The summed E-state index contributed by atoms with van der Waals surface area (Å²) in [5.74, 6) is 1.05. The average Bonchev–Trinajstić information content (AvgIpc) is 3.46. The molecule has 7 nitrogen and oxygen atoms in total. The quantitative estimate of drug-likeness (QED) is 0.814. The first kappa shape index (κ1) is 19.2. The number of benzene rings is 1. The smallest absolute Gasteiger partial charge is 0.272 e. The van der Waals surface area contributed by atoms with Crippen LogP contribution in [0.15, 0.2) is 41.5 Å². The number of carbonyl (C=O) groups is 1. The van der Waals surface area contributed by atoms with E-state index in [1.807, 2.05) is 30.0 Å². The van der Waals surface area contributed by atoms with Crippen molar-refractivity contribution in [3.63, 3.8) is 0 Å².